The maximum atomic E-state index is 14.1. The van der Waals surface area contributed by atoms with Crippen LogP contribution in [0, 0.1) is 6.92 Å². The number of rotatable bonds is 10. The Kier molecular flexibility index (Phi) is 10.9. The van der Waals surface area contributed by atoms with Gasteiger partial charge in [0.15, 0.2) is 0 Å². The molecule has 0 aliphatic heterocycles. The molecule has 3 rings (SSSR count). The molecule has 0 fully saturated rings. The molecule has 220 valence electrons. The SMILES string of the molecule is CC[C@H](C(=O)NC(C)(C)C)N(Cc1ccc(Cl)cc1Cl)C(=O)CN(c1ccc(Br)cc1)S(=O)(=O)c1ccc(C)cc1. The van der Waals surface area contributed by atoms with Crippen molar-refractivity contribution in [3.63, 3.8) is 0 Å². The number of anilines is 1. The minimum Gasteiger partial charge on any atom is -0.350 e. The second-order valence-electron chi connectivity index (χ2n) is 10.7. The molecule has 0 heterocycles. The molecule has 0 saturated carbocycles. The van der Waals surface area contributed by atoms with Gasteiger partial charge in [0.05, 0.1) is 10.6 Å². The van der Waals surface area contributed by atoms with E-state index in [9.17, 15) is 18.0 Å². The average Bonchev–Trinajstić information content (AvgIpc) is 2.88. The summed E-state index contributed by atoms with van der Waals surface area (Å²) in [6.45, 7) is 8.65. The summed E-state index contributed by atoms with van der Waals surface area (Å²) in [4.78, 5) is 29.0. The average molecular weight is 683 g/mol. The molecule has 7 nitrogen and oxygen atoms in total. The molecular weight excluding hydrogens is 649 g/mol. The molecule has 1 atom stereocenters. The number of amides is 2. The van der Waals surface area contributed by atoms with Crippen molar-refractivity contribution < 1.29 is 18.0 Å². The second kappa shape index (κ2) is 13.6. The Labute approximate surface area is 261 Å². The van der Waals surface area contributed by atoms with Gasteiger partial charge in [-0.05, 0) is 88.2 Å². The smallest absolute Gasteiger partial charge is 0.264 e. The normalized spacial score (nSPS) is 12.5. The van der Waals surface area contributed by atoms with Crippen LogP contribution in [-0.2, 0) is 26.2 Å². The highest BCUT2D eigenvalue weighted by molar-refractivity contribution is 9.10. The lowest BCUT2D eigenvalue weighted by Gasteiger charge is -2.35. The fraction of sp³-hybridized carbons (Fsp3) is 0.333. The summed E-state index contributed by atoms with van der Waals surface area (Å²) in [6.07, 6.45) is 0.294. The molecule has 1 N–H and O–H groups in total. The summed E-state index contributed by atoms with van der Waals surface area (Å²) < 4.78 is 29.7. The van der Waals surface area contributed by atoms with Crippen LogP contribution in [0.5, 0.6) is 0 Å². The zero-order valence-corrected chi connectivity index (χ0v) is 27.5. The van der Waals surface area contributed by atoms with Crippen LogP contribution in [-0.4, -0.2) is 43.3 Å². The zero-order valence-electron chi connectivity index (χ0n) is 23.6. The summed E-state index contributed by atoms with van der Waals surface area (Å²) in [5.41, 5.74) is 1.23. The van der Waals surface area contributed by atoms with E-state index < -0.39 is 34.1 Å². The van der Waals surface area contributed by atoms with Crippen LogP contribution < -0.4 is 9.62 Å². The van der Waals surface area contributed by atoms with Gasteiger partial charge in [-0.25, -0.2) is 8.42 Å². The van der Waals surface area contributed by atoms with Crippen molar-refractivity contribution in [2.75, 3.05) is 10.8 Å². The van der Waals surface area contributed by atoms with Crippen molar-refractivity contribution in [1.82, 2.24) is 10.2 Å². The van der Waals surface area contributed by atoms with Crippen molar-refractivity contribution in [2.45, 2.75) is 64.1 Å². The molecule has 0 aliphatic rings. The number of nitrogens with one attached hydrogen (secondary N) is 1. The van der Waals surface area contributed by atoms with E-state index in [2.05, 4.69) is 21.2 Å². The number of hydrogen-bond acceptors (Lipinski definition) is 4. The van der Waals surface area contributed by atoms with E-state index in [0.717, 1.165) is 14.3 Å². The maximum absolute atomic E-state index is 14.1. The third kappa shape index (κ3) is 8.70. The van der Waals surface area contributed by atoms with Crippen molar-refractivity contribution in [1.29, 1.82) is 0 Å². The molecule has 0 radical (unpaired) electrons. The van der Waals surface area contributed by atoms with E-state index in [1.807, 2.05) is 27.7 Å². The number of nitrogens with zero attached hydrogens (tertiary/aromatic N) is 2. The summed E-state index contributed by atoms with van der Waals surface area (Å²) >= 11 is 15.9. The van der Waals surface area contributed by atoms with Gasteiger partial charge in [-0.15, -0.1) is 0 Å². The lowest BCUT2D eigenvalue weighted by Crippen LogP contribution is -2.55. The second-order valence-corrected chi connectivity index (χ2v) is 14.3. The molecule has 3 aromatic carbocycles. The lowest BCUT2D eigenvalue weighted by molar-refractivity contribution is -0.141. The first kappa shape index (κ1) is 32.9. The van der Waals surface area contributed by atoms with Crippen molar-refractivity contribution in [3.05, 3.63) is 92.4 Å². The van der Waals surface area contributed by atoms with E-state index in [1.54, 1.807) is 61.5 Å². The molecule has 0 saturated heterocycles. The first-order valence-corrected chi connectivity index (χ1v) is 16.0. The quantitative estimate of drug-likeness (QED) is 0.250. The molecule has 11 heteroatoms. The Morgan fingerprint density at radius 2 is 1.59 bits per heavy atom. The Morgan fingerprint density at radius 1 is 0.976 bits per heavy atom. The first-order valence-electron chi connectivity index (χ1n) is 13.0. The van der Waals surface area contributed by atoms with E-state index in [-0.39, 0.29) is 17.3 Å². The van der Waals surface area contributed by atoms with Crippen LogP contribution in [0.4, 0.5) is 5.69 Å². The van der Waals surface area contributed by atoms with E-state index in [0.29, 0.717) is 27.7 Å². The van der Waals surface area contributed by atoms with Gasteiger partial charge in [-0.3, -0.25) is 13.9 Å². The van der Waals surface area contributed by atoms with Gasteiger partial charge in [-0.1, -0.05) is 69.8 Å². The molecule has 0 unspecified atom stereocenters. The van der Waals surface area contributed by atoms with Gasteiger partial charge < -0.3 is 10.2 Å². The highest BCUT2D eigenvalue weighted by atomic mass is 79.9. The largest absolute Gasteiger partial charge is 0.350 e. The Hall–Kier alpha value is -2.59. The Bertz CT molecular complexity index is 1490. The third-order valence-corrected chi connectivity index (χ3v) is 9.15. The van der Waals surface area contributed by atoms with Crippen LogP contribution in [0.3, 0.4) is 0 Å². The molecule has 0 spiro atoms. The van der Waals surface area contributed by atoms with E-state index >= 15 is 0 Å². The summed E-state index contributed by atoms with van der Waals surface area (Å²) in [7, 11) is -4.15. The monoisotopic (exact) mass is 681 g/mol. The minimum atomic E-state index is -4.15. The number of aryl methyl sites for hydroxylation is 1. The number of benzene rings is 3. The van der Waals surface area contributed by atoms with Crippen molar-refractivity contribution >= 4 is 66.7 Å². The zero-order chi connectivity index (χ0) is 30.5. The summed E-state index contributed by atoms with van der Waals surface area (Å²) in [5.74, 6) is -0.916. The maximum Gasteiger partial charge on any atom is 0.264 e. The molecule has 2 amide bonds. The van der Waals surface area contributed by atoms with E-state index in [1.165, 1.54) is 17.0 Å². The van der Waals surface area contributed by atoms with Crippen LogP contribution in [0.15, 0.2) is 76.1 Å². The number of halogens is 3. The topological polar surface area (TPSA) is 86.8 Å². The van der Waals surface area contributed by atoms with Gasteiger partial charge in [-0.2, -0.15) is 0 Å². The van der Waals surface area contributed by atoms with Gasteiger partial charge in [0.1, 0.15) is 12.6 Å². The number of sulfonamides is 1. The van der Waals surface area contributed by atoms with Gasteiger partial charge in [0.2, 0.25) is 11.8 Å². The summed E-state index contributed by atoms with van der Waals surface area (Å²) in [5, 5.41) is 3.71. The standard InChI is InChI=1S/C30H34BrCl2N3O4S/c1-6-27(29(38)34-30(3,4)5)35(18-21-9-12-23(32)17-26(21)33)28(37)19-36(24-13-10-22(31)11-14-24)41(39,40)25-15-7-20(2)8-16-25/h7-17,27H,6,18-19H2,1-5H3,(H,34,38)/t27-/m1/s1. The molecule has 0 aromatic heterocycles. The van der Waals surface area contributed by atoms with Gasteiger partial charge >= 0.3 is 0 Å². The number of carbonyl (C=O) groups excluding carboxylic acids is 2. The summed E-state index contributed by atoms with van der Waals surface area (Å²) in [6, 6.07) is 17.1. The number of carbonyl (C=O) groups is 2. The lowest BCUT2D eigenvalue weighted by atomic mass is 10.1. The van der Waals surface area contributed by atoms with E-state index in [4.69, 9.17) is 23.2 Å². The first-order chi connectivity index (χ1) is 19.1. The van der Waals surface area contributed by atoms with Crippen LogP contribution in [0.1, 0.15) is 45.2 Å². The van der Waals surface area contributed by atoms with Crippen molar-refractivity contribution in [3.8, 4) is 0 Å². The Morgan fingerprint density at radius 3 is 2.12 bits per heavy atom. The third-order valence-electron chi connectivity index (χ3n) is 6.24. The Balaban J connectivity index is 2.09. The predicted octanol–water partition coefficient (Wildman–Crippen LogP) is 6.98. The number of hydrogen-bond donors (Lipinski definition) is 1. The predicted molar refractivity (Wildman–Crippen MR) is 169 cm³/mol. The van der Waals surface area contributed by atoms with Gasteiger partial charge in [0.25, 0.3) is 10.0 Å². The van der Waals surface area contributed by atoms with Crippen LogP contribution >= 0.6 is 39.1 Å². The molecule has 0 bridgehead atoms. The molecule has 0 aliphatic carbocycles. The minimum absolute atomic E-state index is 0.0241. The van der Waals surface area contributed by atoms with Crippen LogP contribution in [0.2, 0.25) is 10.0 Å². The molecular formula is C30H34BrCl2N3O4S. The molecule has 41 heavy (non-hydrogen) atoms. The highest BCUT2D eigenvalue weighted by Gasteiger charge is 2.35. The fourth-order valence-electron chi connectivity index (χ4n) is 4.18. The van der Waals surface area contributed by atoms with Gasteiger partial charge in [0, 0.05) is 26.6 Å². The molecule has 3 aromatic rings. The fourth-order valence-corrected chi connectivity index (χ4v) is 6.33. The van der Waals surface area contributed by atoms with Crippen molar-refractivity contribution in [2.24, 2.45) is 0 Å². The highest BCUT2D eigenvalue weighted by Crippen LogP contribution is 2.28. The van der Waals surface area contributed by atoms with Crippen LogP contribution in [0.25, 0.3) is 0 Å².